The SMILES string of the molecule is O=C(O)C1CCCN1C(=O)c1csc(-c2ccccc2)n1. The second-order valence-electron chi connectivity index (χ2n) is 4.90. The van der Waals surface area contributed by atoms with Crippen molar-refractivity contribution in [3.05, 3.63) is 41.4 Å². The van der Waals surface area contributed by atoms with Crippen molar-refractivity contribution in [2.24, 2.45) is 0 Å². The van der Waals surface area contributed by atoms with Gasteiger partial charge < -0.3 is 10.0 Å². The zero-order valence-electron chi connectivity index (χ0n) is 11.2. The molecule has 1 aromatic heterocycles. The molecule has 0 saturated carbocycles. The van der Waals surface area contributed by atoms with Gasteiger partial charge in [0.15, 0.2) is 0 Å². The highest BCUT2D eigenvalue weighted by molar-refractivity contribution is 7.13. The van der Waals surface area contributed by atoms with Gasteiger partial charge in [0, 0.05) is 17.5 Å². The van der Waals surface area contributed by atoms with Crippen LogP contribution in [0.3, 0.4) is 0 Å². The molecule has 1 N–H and O–H groups in total. The number of carbonyl (C=O) groups excluding carboxylic acids is 1. The van der Waals surface area contributed by atoms with Crippen LogP contribution in [0.2, 0.25) is 0 Å². The smallest absolute Gasteiger partial charge is 0.326 e. The second kappa shape index (κ2) is 5.65. The van der Waals surface area contributed by atoms with Crippen LogP contribution in [0.25, 0.3) is 10.6 Å². The topological polar surface area (TPSA) is 70.5 Å². The van der Waals surface area contributed by atoms with Crippen LogP contribution >= 0.6 is 11.3 Å². The molecule has 0 aliphatic carbocycles. The number of benzene rings is 1. The number of aromatic nitrogens is 1. The Bertz CT molecular complexity index is 669. The quantitative estimate of drug-likeness (QED) is 0.945. The molecule has 1 aliphatic heterocycles. The Morgan fingerprint density at radius 2 is 2.05 bits per heavy atom. The van der Waals surface area contributed by atoms with Crippen molar-refractivity contribution < 1.29 is 14.7 Å². The minimum absolute atomic E-state index is 0.293. The molecule has 5 nitrogen and oxygen atoms in total. The largest absolute Gasteiger partial charge is 0.480 e. The van der Waals surface area contributed by atoms with E-state index >= 15 is 0 Å². The number of nitrogens with zero attached hydrogens (tertiary/aromatic N) is 2. The monoisotopic (exact) mass is 302 g/mol. The van der Waals surface area contributed by atoms with Crippen LogP contribution in [0.4, 0.5) is 0 Å². The third-order valence-electron chi connectivity index (χ3n) is 3.54. The van der Waals surface area contributed by atoms with E-state index in [-0.39, 0.29) is 5.91 Å². The number of hydrogen-bond donors (Lipinski definition) is 1. The average molecular weight is 302 g/mol. The Balaban J connectivity index is 1.83. The predicted octanol–water partition coefficient (Wildman–Crippen LogP) is 2.50. The van der Waals surface area contributed by atoms with E-state index in [1.807, 2.05) is 30.3 Å². The summed E-state index contributed by atoms with van der Waals surface area (Å²) in [6.45, 7) is 0.480. The maximum absolute atomic E-state index is 12.4. The van der Waals surface area contributed by atoms with Crippen LogP contribution in [0.5, 0.6) is 0 Å². The molecule has 2 aromatic rings. The molecule has 2 heterocycles. The molecular weight excluding hydrogens is 288 g/mol. The van der Waals surface area contributed by atoms with Gasteiger partial charge in [0.2, 0.25) is 0 Å². The van der Waals surface area contributed by atoms with Gasteiger partial charge >= 0.3 is 5.97 Å². The molecular formula is C15H14N2O3S. The fraction of sp³-hybridized carbons (Fsp3) is 0.267. The van der Waals surface area contributed by atoms with Gasteiger partial charge in [-0.3, -0.25) is 4.79 Å². The summed E-state index contributed by atoms with van der Waals surface area (Å²) in [5.41, 5.74) is 1.28. The number of thiazole rings is 1. The number of rotatable bonds is 3. The van der Waals surface area contributed by atoms with Crippen LogP contribution in [0.1, 0.15) is 23.3 Å². The summed E-state index contributed by atoms with van der Waals surface area (Å²) >= 11 is 1.39. The van der Waals surface area contributed by atoms with Gasteiger partial charge in [-0.1, -0.05) is 30.3 Å². The van der Waals surface area contributed by atoms with E-state index in [1.54, 1.807) is 5.38 Å². The van der Waals surface area contributed by atoms with Crippen LogP contribution in [-0.2, 0) is 4.79 Å². The fourth-order valence-electron chi connectivity index (χ4n) is 2.50. The maximum atomic E-state index is 12.4. The Hall–Kier alpha value is -2.21. The van der Waals surface area contributed by atoms with E-state index < -0.39 is 12.0 Å². The lowest BCUT2D eigenvalue weighted by molar-refractivity contribution is -0.141. The molecule has 1 aromatic carbocycles. The standard InChI is InChI=1S/C15H14N2O3S/c18-14(17-8-4-7-12(17)15(19)20)11-9-21-13(16-11)10-5-2-1-3-6-10/h1-3,5-6,9,12H,4,7-8H2,(H,19,20). The molecule has 0 spiro atoms. The summed E-state index contributed by atoms with van der Waals surface area (Å²) < 4.78 is 0. The molecule has 1 unspecified atom stereocenters. The van der Waals surface area contributed by atoms with Gasteiger partial charge in [-0.25, -0.2) is 9.78 Å². The number of carboxylic acids is 1. The van der Waals surface area contributed by atoms with Gasteiger partial charge in [0.25, 0.3) is 5.91 Å². The number of carboxylic acid groups (broad SMARTS) is 1. The van der Waals surface area contributed by atoms with Gasteiger partial charge in [0.05, 0.1) is 0 Å². The van der Waals surface area contributed by atoms with Crippen LogP contribution in [0, 0.1) is 0 Å². The fourth-order valence-corrected chi connectivity index (χ4v) is 3.30. The first kappa shape index (κ1) is 13.8. The zero-order valence-corrected chi connectivity index (χ0v) is 12.0. The first-order chi connectivity index (χ1) is 10.2. The molecule has 1 atom stereocenters. The minimum Gasteiger partial charge on any atom is -0.480 e. The van der Waals surface area contributed by atoms with Crippen LogP contribution in [0.15, 0.2) is 35.7 Å². The number of likely N-dealkylation sites (tertiary alicyclic amines) is 1. The molecule has 21 heavy (non-hydrogen) atoms. The number of hydrogen-bond acceptors (Lipinski definition) is 4. The van der Waals surface area contributed by atoms with Crippen LogP contribution in [-0.4, -0.2) is 39.5 Å². The third-order valence-corrected chi connectivity index (χ3v) is 4.43. The summed E-state index contributed by atoms with van der Waals surface area (Å²) in [6.07, 6.45) is 1.23. The maximum Gasteiger partial charge on any atom is 0.326 e. The second-order valence-corrected chi connectivity index (χ2v) is 5.76. The lowest BCUT2D eigenvalue weighted by atomic mass is 10.2. The highest BCUT2D eigenvalue weighted by Crippen LogP contribution is 2.26. The van der Waals surface area contributed by atoms with E-state index in [4.69, 9.17) is 5.11 Å². The zero-order chi connectivity index (χ0) is 14.8. The molecule has 1 fully saturated rings. The molecule has 6 heteroatoms. The summed E-state index contributed by atoms with van der Waals surface area (Å²) in [6, 6.07) is 8.90. The van der Waals surface area contributed by atoms with Crippen molar-refractivity contribution in [3.8, 4) is 10.6 Å². The highest BCUT2D eigenvalue weighted by atomic mass is 32.1. The molecule has 108 valence electrons. The molecule has 1 aliphatic rings. The normalized spacial score (nSPS) is 17.9. The van der Waals surface area contributed by atoms with Crippen molar-refractivity contribution in [1.29, 1.82) is 0 Å². The van der Waals surface area contributed by atoms with Crippen molar-refractivity contribution in [1.82, 2.24) is 9.88 Å². The lowest BCUT2D eigenvalue weighted by Gasteiger charge is -2.20. The summed E-state index contributed by atoms with van der Waals surface area (Å²) in [5, 5.41) is 11.6. The average Bonchev–Trinajstić information content (AvgIpc) is 3.17. The molecule has 1 saturated heterocycles. The summed E-state index contributed by atoms with van der Waals surface area (Å²) in [4.78, 5) is 29.3. The number of amides is 1. The van der Waals surface area contributed by atoms with Crippen molar-refractivity contribution in [3.63, 3.8) is 0 Å². The van der Waals surface area contributed by atoms with Gasteiger partial charge in [-0.2, -0.15) is 0 Å². The van der Waals surface area contributed by atoms with Crippen molar-refractivity contribution in [2.45, 2.75) is 18.9 Å². The third kappa shape index (κ3) is 2.67. The predicted molar refractivity (Wildman–Crippen MR) is 79.2 cm³/mol. The number of aliphatic carboxylic acids is 1. The molecule has 0 radical (unpaired) electrons. The lowest BCUT2D eigenvalue weighted by Crippen LogP contribution is -2.40. The highest BCUT2D eigenvalue weighted by Gasteiger charge is 2.35. The van der Waals surface area contributed by atoms with Crippen molar-refractivity contribution in [2.75, 3.05) is 6.54 Å². The van der Waals surface area contributed by atoms with Gasteiger partial charge in [-0.05, 0) is 12.8 Å². The Kier molecular flexibility index (Phi) is 3.70. The molecule has 1 amide bonds. The molecule has 3 rings (SSSR count). The van der Waals surface area contributed by atoms with Crippen molar-refractivity contribution >= 4 is 23.2 Å². The van der Waals surface area contributed by atoms with E-state index in [0.717, 1.165) is 17.0 Å². The van der Waals surface area contributed by atoms with Gasteiger partial charge in [-0.15, -0.1) is 11.3 Å². The van der Waals surface area contributed by atoms with E-state index in [1.165, 1.54) is 16.2 Å². The van der Waals surface area contributed by atoms with E-state index in [2.05, 4.69) is 4.98 Å². The first-order valence-electron chi connectivity index (χ1n) is 6.71. The first-order valence-corrected chi connectivity index (χ1v) is 7.59. The Morgan fingerprint density at radius 3 is 2.76 bits per heavy atom. The summed E-state index contributed by atoms with van der Waals surface area (Å²) in [5.74, 6) is -1.24. The summed E-state index contributed by atoms with van der Waals surface area (Å²) in [7, 11) is 0. The Labute approximate surface area is 125 Å². The van der Waals surface area contributed by atoms with E-state index in [0.29, 0.717) is 18.7 Å². The van der Waals surface area contributed by atoms with Gasteiger partial charge in [0.1, 0.15) is 16.7 Å². The Morgan fingerprint density at radius 1 is 1.29 bits per heavy atom. The molecule has 0 bridgehead atoms. The van der Waals surface area contributed by atoms with E-state index in [9.17, 15) is 9.59 Å². The minimum atomic E-state index is -0.945. The van der Waals surface area contributed by atoms with Crippen LogP contribution < -0.4 is 0 Å². The number of carbonyl (C=O) groups is 2.